The summed E-state index contributed by atoms with van der Waals surface area (Å²) in [5, 5.41) is 1.26. The van der Waals surface area contributed by atoms with E-state index in [1.54, 1.807) is 6.20 Å². The van der Waals surface area contributed by atoms with Gasteiger partial charge in [0.25, 0.3) is 0 Å². The van der Waals surface area contributed by atoms with E-state index in [9.17, 15) is 0 Å². The van der Waals surface area contributed by atoms with Gasteiger partial charge >= 0.3 is 0 Å². The average molecular weight is 251 g/mol. The lowest BCUT2D eigenvalue weighted by Gasteiger charge is -2.08. The molecule has 3 heteroatoms. The van der Waals surface area contributed by atoms with Gasteiger partial charge < -0.3 is 10.3 Å². The van der Waals surface area contributed by atoms with Crippen LogP contribution in [0.5, 0.6) is 0 Å². The number of nitrogens with two attached hydrogens (primary N) is 1. The summed E-state index contributed by atoms with van der Waals surface area (Å²) >= 11 is 0. The number of fused-ring (bicyclic) bond motifs is 1. The quantitative estimate of drug-likeness (QED) is 0.775. The summed E-state index contributed by atoms with van der Waals surface area (Å²) in [6, 6.07) is 12.5. The van der Waals surface area contributed by atoms with Crippen molar-refractivity contribution in [1.82, 2.24) is 9.55 Å². The maximum Gasteiger partial charge on any atom is 0.0525 e. The maximum atomic E-state index is 5.83. The van der Waals surface area contributed by atoms with E-state index in [-0.39, 0.29) is 0 Å². The second-order valence-electron chi connectivity index (χ2n) is 4.68. The van der Waals surface area contributed by atoms with Gasteiger partial charge in [0.05, 0.1) is 5.52 Å². The Labute approximate surface area is 112 Å². The Morgan fingerprint density at radius 3 is 2.84 bits per heavy atom. The molecule has 3 aromatic rings. The van der Waals surface area contributed by atoms with Crippen LogP contribution < -0.4 is 5.73 Å². The highest BCUT2D eigenvalue weighted by molar-refractivity contribution is 5.83. The highest BCUT2D eigenvalue weighted by Gasteiger charge is 2.05. The molecule has 0 aliphatic carbocycles. The molecule has 0 aliphatic heterocycles. The smallest absolute Gasteiger partial charge is 0.0525 e. The number of pyridine rings is 1. The number of aromatic nitrogens is 2. The van der Waals surface area contributed by atoms with E-state index in [0.29, 0.717) is 6.54 Å². The van der Waals surface area contributed by atoms with Crippen molar-refractivity contribution in [1.29, 1.82) is 0 Å². The van der Waals surface area contributed by atoms with Gasteiger partial charge in [-0.2, -0.15) is 0 Å². The van der Waals surface area contributed by atoms with Gasteiger partial charge in [-0.15, -0.1) is 0 Å². The van der Waals surface area contributed by atoms with Crippen LogP contribution in [0.2, 0.25) is 0 Å². The Morgan fingerprint density at radius 1 is 1.11 bits per heavy atom. The first kappa shape index (κ1) is 11.9. The molecule has 0 saturated carbocycles. The molecule has 2 heterocycles. The summed E-state index contributed by atoms with van der Waals surface area (Å²) in [6.07, 6.45) is 6.85. The van der Waals surface area contributed by atoms with Gasteiger partial charge in [0.2, 0.25) is 0 Å². The number of hydrogen-bond acceptors (Lipinski definition) is 2. The van der Waals surface area contributed by atoms with Crippen LogP contribution >= 0.6 is 0 Å². The maximum absolute atomic E-state index is 5.83. The number of nitrogens with zero attached hydrogens (tertiary/aromatic N) is 2. The average Bonchev–Trinajstić information content (AvgIpc) is 2.89. The zero-order valence-corrected chi connectivity index (χ0v) is 10.8. The lowest BCUT2D eigenvalue weighted by Crippen LogP contribution is -2.04. The Kier molecular flexibility index (Phi) is 3.29. The van der Waals surface area contributed by atoms with Crippen molar-refractivity contribution in [2.75, 3.05) is 0 Å². The van der Waals surface area contributed by atoms with Gasteiger partial charge in [0.15, 0.2) is 0 Å². The second-order valence-corrected chi connectivity index (χ2v) is 4.68. The van der Waals surface area contributed by atoms with Crippen molar-refractivity contribution in [3.8, 4) is 0 Å². The molecule has 0 atom stereocenters. The first-order chi connectivity index (χ1) is 9.38. The first-order valence-corrected chi connectivity index (χ1v) is 6.54. The van der Waals surface area contributed by atoms with Crippen LogP contribution in [-0.2, 0) is 19.5 Å². The van der Waals surface area contributed by atoms with Crippen molar-refractivity contribution in [3.63, 3.8) is 0 Å². The van der Waals surface area contributed by atoms with Crippen LogP contribution in [0.25, 0.3) is 10.9 Å². The van der Waals surface area contributed by atoms with Crippen molar-refractivity contribution < 1.29 is 0 Å². The normalized spacial score (nSPS) is 11.0. The molecule has 0 aliphatic rings. The summed E-state index contributed by atoms with van der Waals surface area (Å²) in [5.41, 5.74) is 9.55. The topological polar surface area (TPSA) is 43.8 Å². The lowest BCUT2D eigenvalue weighted by atomic mass is 10.1. The van der Waals surface area contributed by atoms with E-state index in [2.05, 4.69) is 46.1 Å². The zero-order chi connectivity index (χ0) is 13.1. The minimum atomic E-state index is 0.578. The molecule has 0 saturated heterocycles. The Hall–Kier alpha value is -2.13. The Balaban J connectivity index is 1.89. The molecule has 19 heavy (non-hydrogen) atoms. The number of rotatable bonds is 4. The highest BCUT2D eigenvalue weighted by Crippen LogP contribution is 2.20. The minimum Gasteiger partial charge on any atom is -0.347 e. The van der Waals surface area contributed by atoms with E-state index in [1.807, 2.05) is 12.3 Å². The molecule has 0 bridgehead atoms. The standard InChI is InChI=1S/C16H17N3/c17-11-15-5-1-4-14-7-10-19(16(14)15)9-6-13-3-2-8-18-12-13/h1-5,7-8,10,12H,6,9,11,17H2. The van der Waals surface area contributed by atoms with Crippen LogP contribution in [0, 0.1) is 0 Å². The first-order valence-electron chi connectivity index (χ1n) is 6.54. The predicted octanol–water partition coefficient (Wildman–Crippen LogP) is 2.74. The van der Waals surface area contributed by atoms with E-state index in [1.165, 1.54) is 22.0 Å². The van der Waals surface area contributed by atoms with Gasteiger partial charge in [-0.1, -0.05) is 24.3 Å². The largest absolute Gasteiger partial charge is 0.347 e. The molecule has 0 fully saturated rings. The van der Waals surface area contributed by atoms with Gasteiger partial charge in [-0.25, -0.2) is 0 Å². The summed E-state index contributed by atoms with van der Waals surface area (Å²) < 4.78 is 2.28. The SMILES string of the molecule is NCc1cccc2ccn(CCc3cccnc3)c12. The number of benzene rings is 1. The van der Waals surface area contributed by atoms with E-state index >= 15 is 0 Å². The van der Waals surface area contributed by atoms with E-state index in [0.717, 1.165) is 13.0 Å². The van der Waals surface area contributed by atoms with E-state index < -0.39 is 0 Å². The minimum absolute atomic E-state index is 0.578. The van der Waals surface area contributed by atoms with Gasteiger partial charge in [0.1, 0.15) is 0 Å². The third-order valence-corrected chi connectivity index (χ3v) is 3.46. The molecule has 3 rings (SSSR count). The number of aryl methyl sites for hydroxylation is 2. The van der Waals surface area contributed by atoms with Crippen LogP contribution in [0.3, 0.4) is 0 Å². The van der Waals surface area contributed by atoms with Crippen molar-refractivity contribution in [3.05, 3.63) is 66.1 Å². The number of hydrogen-bond donors (Lipinski definition) is 1. The fraction of sp³-hybridized carbons (Fsp3) is 0.188. The third kappa shape index (κ3) is 2.37. The molecule has 0 amide bonds. The van der Waals surface area contributed by atoms with Gasteiger partial charge in [-0.05, 0) is 35.1 Å². The van der Waals surface area contributed by atoms with Gasteiger partial charge in [0, 0.05) is 31.7 Å². The highest BCUT2D eigenvalue weighted by atomic mass is 15.0. The molecule has 2 aromatic heterocycles. The van der Waals surface area contributed by atoms with Crippen molar-refractivity contribution in [2.24, 2.45) is 5.73 Å². The molecule has 3 nitrogen and oxygen atoms in total. The van der Waals surface area contributed by atoms with Crippen LogP contribution in [-0.4, -0.2) is 9.55 Å². The fourth-order valence-corrected chi connectivity index (χ4v) is 2.49. The molecule has 0 spiro atoms. The Morgan fingerprint density at radius 2 is 2.05 bits per heavy atom. The Bertz CT molecular complexity index is 671. The molecular weight excluding hydrogens is 234 g/mol. The van der Waals surface area contributed by atoms with Crippen LogP contribution in [0.4, 0.5) is 0 Å². The summed E-state index contributed by atoms with van der Waals surface area (Å²) in [4.78, 5) is 4.15. The van der Waals surface area contributed by atoms with Crippen molar-refractivity contribution >= 4 is 10.9 Å². The molecule has 0 unspecified atom stereocenters. The van der Waals surface area contributed by atoms with E-state index in [4.69, 9.17) is 5.73 Å². The summed E-state index contributed by atoms with van der Waals surface area (Å²) in [6.45, 7) is 1.53. The molecule has 96 valence electrons. The molecule has 2 N–H and O–H groups in total. The summed E-state index contributed by atoms with van der Waals surface area (Å²) in [7, 11) is 0. The molecule has 0 radical (unpaired) electrons. The third-order valence-electron chi connectivity index (χ3n) is 3.46. The lowest BCUT2D eigenvalue weighted by molar-refractivity contribution is 0.718. The van der Waals surface area contributed by atoms with Crippen molar-refractivity contribution in [2.45, 2.75) is 19.5 Å². The van der Waals surface area contributed by atoms with Gasteiger partial charge in [-0.3, -0.25) is 4.98 Å². The summed E-state index contributed by atoms with van der Waals surface area (Å²) in [5.74, 6) is 0. The number of para-hydroxylation sites is 1. The van der Waals surface area contributed by atoms with Crippen LogP contribution in [0.1, 0.15) is 11.1 Å². The zero-order valence-electron chi connectivity index (χ0n) is 10.8. The molecular formula is C16H17N3. The molecule has 1 aromatic carbocycles. The predicted molar refractivity (Wildman–Crippen MR) is 77.8 cm³/mol. The van der Waals surface area contributed by atoms with Crippen LogP contribution in [0.15, 0.2) is 55.0 Å². The fourth-order valence-electron chi connectivity index (χ4n) is 2.49. The second kappa shape index (κ2) is 5.24. The monoisotopic (exact) mass is 251 g/mol.